The van der Waals surface area contributed by atoms with Crippen LogP contribution in [-0.2, 0) is 9.53 Å². The van der Waals surface area contributed by atoms with E-state index in [1.54, 1.807) is 25.6 Å². The molecule has 120 valence electrons. The maximum Gasteiger partial charge on any atom is 0.338 e. The molecule has 1 atom stereocenters. The number of ether oxygens (including phenoxy) is 2. The van der Waals surface area contributed by atoms with Crippen molar-refractivity contribution in [2.24, 2.45) is 0 Å². The topological polar surface area (TPSA) is 91.2 Å². The van der Waals surface area contributed by atoms with Gasteiger partial charge in [0, 0.05) is 11.3 Å². The van der Waals surface area contributed by atoms with Crippen LogP contribution in [-0.4, -0.2) is 39.9 Å². The summed E-state index contributed by atoms with van der Waals surface area (Å²) < 4.78 is 12.2. The van der Waals surface area contributed by atoms with E-state index in [1.165, 1.54) is 0 Å². The molecule has 1 aliphatic rings. The predicted molar refractivity (Wildman–Crippen MR) is 81.9 cm³/mol. The van der Waals surface area contributed by atoms with Gasteiger partial charge < -0.3 is 14.8 Å². The number of nitrogens with one attached hydrogen (secondary N) is 1. The molecule has 8 nitrogen and oxygen atoms in total. The van der Waals surface area contributed by atoms with E-state index < -0.39 is 12.0 Å². The van der Waals surface area contributed by atoms with Gasteiger partial charge in [-0.1, -0.05) is 23.3 Å². The van der Waals surface area contributed by atoms with Crippen LogP contribution < -0.4 is 10.1 Å². The number of hydrogen-bond acceptors (Lipinski definition) is 7. The van der Waals surface area contributed by atoms with E-state index in [2.05, 4.69) is 20.8 Å². The monoisotopic (exact) mass is 315 g/mol. The highest BCUT2D eigenvalue weighted by Gasteiger charge is 2.36. The normalized spacial score (nSPS) is 16.6. The number of rotatable bonds is 4. The molecular weight excluding hydrogens is 298 g/mol. The molecule has 2 heterocycles. The van der Waals surface area contributed by atoms with Crippen LogP contribution in [0.15, 0.2) is 35.5 Å². The summed E-state index contributed by atoms with van der Waals surface area (Å²) in [6.07, 6.45) is 0. The molecule has 8 heteroatoms. The first-order valence-corrected chi connectivity index (χ1v) is 7.23. The number of para-hydroxylation sites is 1. The van der Waals surface area contributed by atoms with Crippen molar-refractivity contribution in [3.63, 3.8) is 0 Å². The van der Waals surface area contributed by atoms with Crippen LogP contribution in [0.2, 0.25) is 0 Å². The van der Waals surface area contributed by atoms with Gasteiger partial charge in [0.1, 0.15) is 11.8 Å². The maximum absolute atomic E-state index is 12.5. The zero-order valence-corrected chi connectivity index (χ0v) is 13.1. The van der Waals surface area contributed by atoms with Crippen molar-refractivity contribution in [3.8, 4) is 5.75 Å². The molecule has 1 N–H and O–H groups in total. The number of aromatic nitrogens is 4. The third-order valence-corrected chi connectivity index (χ3v) is 3.64. The lowest BCUT2D eigenvalue weighted by Crippen LogP contribution is -2.30. The average molecular weight is 315 g/mol. The predicted octanol–water partition coefficient (Wildman–Crippen LogP) is 1.53. The summed E-state index contributed by atoms with van der Waals surface area (Å²) in [6, 6.07) is 6.94. The molecule has 1 aliphatic heterocycles. The molecule has 1 aromatic carbocycles. The summed E-state index contributed by atoms with van der Waals surface area (Å²) in [5.41, 5.74) is 1.89. The maximum atomic E-state index is 12.5. The largest absolute Gasteiger partial charge is 0.496 e. The minimum atomic E-state index is -0.517. The summed E-state index contributed by atoms with van der Waals surface area (Å²) in [5.74, 6) is 0.705. The first kappa shape index (κ1) is 15.0. The molecule has 1 aromatic heterocycles. The molecular formula is C15H17N5O3. The van der Waals surface area contributed by atoms with E-state index in [4.69, 9.17) is 9.47 Å². The van der Waals surface area contributed by atoms with Gasteiger partial charge in [0.2, 0.25) is 5.95 Å². The summed E-state index contributed by atoms with van der Waals surface area (Å²) in [4.78, 5) is 12.5. The minimum absolute atomic E-state index is 0.288. The number of allylic oxidation sites excluding steroid dienone is 1. The van der Waals surface area contributed by atoms with Crippen molar-refractivity contribution in [3.05, 3.63) is 41.1 Å². The number of fused-ring (bicyclic) bond motifs is 1. The van der Waals surface area contributed by atoms with Gasteiger partial charge in [0.05, 0.1) is 19.3 Å². The van der Waals surface area contributed by atoms with Crippen LogP contribution in [0.5, 0.6) is 5.75 Å². The van der Waals surface area contributed by atoms with Crippen LogP contribution in [0.3, 0.4) is 0 Å². The van der Waals surface area contributed by atoms with Crippen molar-refractivity contribution in [2.75, 3.05) is 19.0 Å². The third kappa shape index (κ3) is 2.52. The Labute approximate surface area is 133 Å². The number of anilines is 1. The number of esters is 1. The van der Waals surface area contributed by atoms with Crippen molar-refractivity contribution in [2.45, 2.75) is 19.9 Å². The number of tetrazole rings is 1. The first-order chi connectivity index (χ1) is 11.2. The summed E-state index contributed by atoms with van der Waals surface area (Å²) in [7, 11) is 1.58. The lowest BCUT2D eigenvalue weighted by molar-refractivity contribution is -0.139. The molecule has 1 unspecified atom stereocenters. The Balaban J connectivity index is 2.19. The number of methoxy groups -OCH3 is 1. The smallest absolute Gasteiger partial charge is 0.338 e. The molecule has 2 aromatic rings. The fourth-order valence-corrected chi connectivity index (χ4v) is 2.67. The van der Waals surface area contributed by atoms with E-state index in [0.29, 0.717) is 23.0 Å². The molecule has 0 radical (unpaired) electrons. The van der Waals surface area contributed by atoms with Crippen molar-refractivity contribution in [1.29, 1.82) is 0 Å². The highest BCUT2D eigenvalue weighted by Crippen LogP contribution is 2.38. The summed E-state index contributed by atoms with van der Waals surface area (Å²) in [6.45, 7) is 3.86. The summed E-state index contributed by atoms with van der Waals surface area (Å²) >= 11 is 0. The Morgan fingerprint density at radius 2 is 2.17 bits per heavy atom. The standard InChI is InChI=1S/C15H17N5O3/c1-4-23-14(21)12-9(2)16-15-17-18-19-20(15)13(12)10-7-5-6-8-11(10)22-3/h5-8,13H,4H2,1-3H3,(H,16,17,19). The van der Waals surface area contributed by atoms with E-state index in [-0.39, 0.29) is 6.61 Å². The van der Waals surface area contributed by atoms with E-state index in [0.717, 1.165) is 5.56 Å². The molecule has 3 rings (SSSR count). The lowest BCUT2D eigenvalue weighted by atomic mass is 9.95. The molecule has 0 bridgehead atoms. The second kappa shape index (κ2) is 6.07. The number of nitrogens with zero attached hydrogens (tertiary/aromatic N) is 4. The molecule has 23 heavy (non-hydrogen) atoms. The molecule has 0 fully saturated rings. The second-order valence-corrected chi connectivity index (χ2v) is 4.98. The fourth-order valence-electron chi connectivity index (χ4n) is 2.67. The van der Waals surface area contributed by atoms with Crippen LogP contribution in [0.1, 0.15) is 25.5 Å². The van der Waals surface area contributed by atoms with Crippen molar-refractivity contribution in [1.82, 2.24) is 20.2 Å². The van der Waals surface area contributed by atoms with Crippen molar-refractivity contribution >= 4 is 11.9 Å². The van der Waals surface area contributed by atoms with Gasteiger partial charge in [-0.15, -0.1) is 0 Å². The SMILES string of the molecule is CCOC(=O)C1=C(C)Nc2nnnn2C1c1ccccc1OC. The van der Waals surface area contributed by atoms with Gasteiger partial charge in [-0.05, 0) is 30.3 Å². The molecule has 0 spiro atoms. The van der Waals surface area contributed by atoms with E-state index >= 15 is 0 Å². The second-order valence-electron chi connectivity index (χ2n) is 4.98. The van der Waals surface area contributed by atoms with E-state index in [1.807, 2.05) is 24.3 Å². The average Bonchev–Trinajstić information content (AvgIpc) is 3.01. The number of benzene rings is 1. The van der Waals surface area contributed by atoms with Crippen LogP contribution in [0.25, 0.3) is 0 Å². The first-order valence-electron chi connectivity index (χ1n) is 7.23. The zero-order chi connectivity index (χ0) is 16.4. The quantitative estimate of drug-likeness (QED) is 0.855. The molecule has 0 saturated carbocycles. The fraction of sp³-hybridized carbons (Fsp3) is 0.333. The summed E-state index contributed by atoms with van der Waals surface area (Å²) in [5, 5.41) is 14.7. The van der Waals surface area contributed by atoms with Crippen molar-refractivity contribution < 1.29 is 14.3 Å². The molecule has 0 aliphatic carbocycles. The van der Waals surface area contributed by atoms with Gasteiger partial charge >= 0.3 is 5.97 Å². The highest BCUT2D eigenvalue weighted by atomic mass is 16.5. The molecule has 0 amide bonds. The Bertz CT molecular complexity index is 768. The number of hydrogen-bond donors (Lipinski definition) is 1. The highest BCUT2D eigenvalue weighted by molar-refractivity contribution is 5.92. The lowest BCUT2D eigenvalue weighted by Gasteiger charge is -2.28. The van der Waals surface area contributed by atoms with Gasteiger partial charge in [-0.25, -0.2) is 4.79 Å². The minimum Gasteiger partial charge on any atom is -0.496 e. The van der Waals surface area contributed by atoms with Crippen LogP contribution >= 0.6 is 0 Å². The number of carbonyl (C=O) groups is 1. The van der Waals surface area contributed by atoms with E-state index in [9.17, 15) is 4.79 Å². The zero-order valence-electron chi connectivity index (χ0n) is 13.1. The Morgan fingerprint density at radius 1 is 1.39 bits per heavy atom. The molecule has 0 saturated heterocycles. The Hall–Kier alpha value is -2.90. The van der Waals surface area contributed by atoms with Gasteiger partial charge in [0.15, 0.2) is 0 Å². The Morgan fingerprint density at radius 3 is 2.91 bits per heavy atom. The van der Waals surface area contributed by atoms with Crippen LogP contribution in [0.4, 0.5) is 5.95 Å². The van der Waals surface area contributed by atoms with Gasteiger partial charge in [-0.3, -0.25) is 0 Å². The Kier molecular flexibility index (Phi) is 3.96. The van der Waals surface area contributed by atoms with Gasteiger partial charge in [0.25, 0.3) is 0 Å². The van der Waals surface area contributed by atoms with Gasteiger partial charge in [-0.2, -0.15) is 4.68 Å². The number of carbonyl (C=O) groups excluding carboxylic acids is 1. The van der Waals surface area contributed by atoms with Crippen LogP contribution in [0, 0.1) is 0 Å². The third-order valence-electron chi connectivity index (χ3n) is 3.64.